The van der Waals surface area contributed by atoms with E-state index in [1.165, 1.54) is 16.2 Å². The second kappa shape index (κ2) is 7.11. The Hall–Kier alpha value is -3.45. The summed E-state index contributed by atoms with van der Waals surface area (Å²) in [7, 11) is 0. The summed E-state index contributed by atoms with van der Waals surface area (Å²) in [5.41, 5.74) is 2.25. The van der Waals surface area contributed by atoms with Gasteiger partial charge in [-0.2, -0.15) is 0 Å². The molecular weight excluding hydrogens is 400 g/mol. The fourth-order valence-electron chi connectivity index (χ4n) is 3.88. The first-order chi connectivity index (χ1) is 14.6. The van der Waals surface area contributed by atoms with Gasteiger partial charge in [0.2, 0.25) is 5.76 Å². The molecule has 1 aliphatic heterocycles. The van der Waals surface area contributed by atoms with E-state index in [0.717, 1.165) is 11.1 Å². The quantitative estimate of drug-likeness (QED) is 0.480. The van der Waals surface area contributed by atoms with Crippen molar-refractivity contribution in [2.45, 2.75) is 19.9 Å². The zero-order valence-corrected chi connectivity index (χ0v) is 17.2. The molecule has 1 atom stereocenters. The maximum absolute atomic E-state index is 13.5. The fraction of sp³-hybridized carbons (Fsp3) is 0.174. The maximum atomic E-state index is 13.5. The van der Waals surface area contributed by atoms with Crippen molar-refractivity contribution in [3.63, 3.8) is 0 Å². The number of aromatic nitrogens is 1. The lowest BCUT2D eigenvalue weighted by Crippen LogP contribution is -2.29. The van der Waals surface area contributed by atoms with Gasteiger partial charge >= 0.3 is 0 Å². The van der Waals surface area contributed by atoms with Crippen molar-refractivity contribution in [1.82, 2.24) is 4.98 Å². The van der Waals surface area contributed by atoms with E-state index < -0.39 is 6.04 Å². The van der Waals surface area contributed by atoms with Crippen LogP contribution in [0.1, 0.15) is 40.2 Å². The van der Waals surface area contributed by atoms with Gasteiger partial charge in [-0.1, -0.05) is 23.8 Å². The number of aryl methyl sites for hydroxylation is 1. The van der Waals surface area contributed by atoms with Gasteiger partial charge in [0, 0.05) is 11.6 Å². The molecule has 1 aliphatic rings. The Bertz CT molecular complexity index is 1330. The van der Waals surface area contributed by atoms with E-state index in [1.807, 2.05) is 44.2 Å². The third kappa shape index (κ3) is 2.81. The van der Waals surface area contributed by atoms with Crippen molar-refractivity contribution in [3.05, 3.63) is 86.7 Å². The number of carbonyl (C=O) groups excluding carboxylic acids is 1. The standard InChI is InChI=1S/C23H18N2O4S/c1-3-28-15-6-4-5-14(12-15)19-18-20(26)16-11-13(2)7-8-17(16)29-21(18)22(27)25(19)23-24-9-10-30-23/h4-12,19H,3H2,1-2H3/t19-/m0/s1. The minimum absolute atomic E-state index is 0.0679. The molecule has 30 heavy (non-hydrogen) atoms. The van der Waals surface area contributed by atoms with Gasteiger partial charge in [-0.25, -0.2) is 4.98 Å². The number of thiazole rings is 1. The van der Waals surface area contributed by atoms with Crippen LogP contribution in [0.15, 0.2) is 63.3 Å². The molecule has 0 saturated carbocycles. The Morgan fingerprint density at radius 2 is 2.07 bits per heavy atom. The molecule has 0 bridgehead atoms. The van der Waals surface area contributed by atoms with Crippen molar-refractivity contribution >= 4 is 33.3 Å². The van der Waals surface area contributed by atoms with Crippen molar-refractivity contribution in [2.24, 2.45) is 0 Å². The summed E-state index contributed by atoms with van der Waals surface area (Å²) in [5.74, 6) is 0.376. The molecule has 0 unspecified atom stereocenters. The zero-order chi connectivity index (χ0) is 20.8. The van der Waals surface area contributed by atoms with E-state index in [0.29, 0.717) is 34.0 Å². The molecule has 0 aliphatic carbocycles. The van der Waals surface area contributed by atoms with Gasteiger partial charge in [-0.15, -0.1) is 11.3 Å². The Morgan fingerprint density at radius 3 is 2.83 bits per heavy atom. The minimum Gasteiger partial charge on any atom is -0.494 e. The third-order valence-corrected chi connectivity index (χ3v) is 5.91. The number of anilines is 1. The molecule has 0 N–H and O–H groups in total. The van der Waals surface area contributed by atoms with Gasteiger partial charge < -0.3 is 9.15 Å². The summed E-state index contributed by atoms with van der Waals surface area (Å²) in [5, 5.41) is 2.78. The summed E-state index contributed by atoms with van der Waals surface area (Å²) < 4.78 is 11.6. The average molecular weight is 418 g/mol. The number of nitrogens with zero attached hydrogens (tertiary/aromatic N) is 2. The van der Waals surface area contributed by atoms with Crippen molar-refractivity contribution in [2.75, 3.05) is 11.5 Å². The van der Waals surface area contributed by atoms with Crippen LogP contribution in [0, 0.1) is 6.92 Å². The molecule has 150 valence electrons. The van der Waals surface area contributed by atoms with Crippen LogP contribution in [0.2, 0.25) is 0 Å². The first-order valence-electron chi connectivity index (χ1n) is 9.61. The fourth-order valence-corrected chi connectivity index (χ4v) is 4.54. The minimum atomic E-state index is -0.639. The zero-order valence-electron chi connectivity index (χ0n) is 16.4. The van der Waals surface area contributed by atoms with Crippen molar-refractivity contribution < 1.29 is 13.9 Å². The van der Waals surface area contributed by atoms with Crippen LogP contribution in [-0.2, 0) is 0 Å². The lowest BCUT2D eigenvalue weighted by molar-refractivity contribution is 0.0971. The topological polar surface area (TPSA) is 72.6 Å². The van der Waals surface area contributed by atoms with Gasteiger partial charge in [-0.3, -0.25) is 14.5 Å². The highest BCUT2D eigenvalue weighted by molar-refractivity contribution is 7.13. The van der Waals surface area contributed by atoms with Crippen LogP contribution < -0.4 is 15.1 Å². The molecule has 7 heteroatoms. The van der Waals surface area contributed by atoms with Crippen molar-refractivity contribution in [1.29, 1.82) is 0 Å². The maximum Gasteiger partial charge on any atom is 0.297 e. The number of hydrogen-bond acceptors (Lipinski definition) is 6. The molecule has 2 aromatic heterocycles. The Morgan fingerprint density at radius 1 is 1.20 bits per heavy atom. The van der Waals surface area contributed by atoms with Gasteiger partial charge in [-0.05, 0) is 43.7 Å². The lowest BCUT2D eigenvalue weighted by atomic mass is 9.98. The number of benzene rings is 2. The van der Waals surface area contributed by atoms with Gasteiger partial charge in [0.25, 0.3) is 5.91 Å². The van der Waals surface area contributed by atoms with E-state index in [-0.39, 0.29) is 17.1 Å². The molecule has 1 amide bonds. The van der Waals surface area contributed by atoms with Crippen molar-refractivity contribution in [3.8, 4) is 5.75 Å². The van der Waals surface area contributed by atoms with Crippen LogP contribution in [0.4, 0.5) is 5.13 Å². The molecule has 0 radical (unpaired) electrons. The predicted molar refractivity (Wildman–Crippen MR) is 116 cm³/mol. The normalized spacial score (nSPS) is 15.6. The Balaban J connectivity index is 1.80. The number of ether oxygens (including phenoxy) is 1. The number of rotatable bonds is 4. The van der Waals surface area contributed by atoms with Crippen LogP contribution in [-0.4, -0.2) is 17.5 Å². The largest absolute Gasteiger partial charge is 0.494 e. The van der Waals surface area contributed by atoms with E-state index in [4.69, 9.17) is 9.15 Å². The van der Waals surface area contributed by atoms with E-state index >= 15 is 0 Å². The molecular formula is C23H18N2O4S. The van der Waals surface area contributed by atoms with Gasteiger partial charge in [0.15, 0.2) is 10.6 Å². The van der Waals surface area contributed by atoms with Crippen LogP contribution in [0.5, 0.6) is 5.75 Å². The van der Waals surface area contributed by atoms with Gasteiger partial charge in [0.05, 0.1) is 23.6 Å². The highest BCUT2D eigenvalue weighted by Crippen LogP contribution is 2.42. The second-order valence-electron chi connectivity index (χ2n) is 7.07. The first kappa shape index (κ1) is 18.6. The summed E-state index contributed by atoms with van der Waals surface area (Å²) in [6.07, 6.45) is 1.64. The molecule has 6 nitrogen and oxygen atoms in total. The summed E-state index contributed by atoms with van der Waals surface area (Å²) >= 11 is 1.34. The molecule has 5 rings (SSSR count). The molecule has 2 aromatic carbocycles. The Kier molecular flexibility index (Phi) is 4.40. The summed E-state index contributed by atoms with van der Waals surface area (Å²) in [6, 6.07) is 12.2. The highest BCUT2D eigenvalue weighted by atomic mass is 32.1. The van der Waals surface area contributed by atoms with E-state index in [9.17, 15) is 9.59 Å². The van der Waals surface area contributed by atoms with Gasteiger partial charge in [0.1, 0.15) is 11.3 Å². The van der Waals surface area contributed by atoms with Crippen LogP contribution in [0.25, 0.3) is 11.0 Å². The van der Waals surface area contributed by atoms with E-state index in [1.54, 1.807) is 23.7 Å². The number of carbonyl (C=O) groups is 1. The molecule has 0 spiro atoms. The molecule has 3 heterocycles. The summed E-state index contributed by atoms with van der Waals surface area (Å²) in [6.45, 7) is 4.35. The van der Waals surface area contributed by atoms with Crippen LogP contribution >= 0.6 is 11.3 Å². The SMILES string of the molecule is CCOc1cccc([C@H]2c3c(oc4ccc(C)cc4c3=O)C(=O)N2c2nccs2)c1. The molecule has 0 saturated heterocycles. The third-order valence-electron chi connectivity index (χ3n) is 5.14. The predicted octanol–water partition coefficient (Wildman–Crippen LogP) is 4.71. The Labute approximate surface area is 176 Å². The molecule has 0 fully saturated rings. The number of fused-ring (bicyclic) bond motifs is 2. The smallest absolute Gasteiger partial charge is 0.297 e. The first-order valence-corrected chi connectivity index (χ1v) is 10.5. The van der Waals surface area contributed by atoms with E-state index in [2.05, 4.69) is 4.98 Å². The number of amides is 1. The molecule has 4 aromatic rings. The monoisotopic (exact) mass is 418 g/mol. The lowest BCUT2D eigenvalue weighted by Gasteiger charge is -2.23. The number of hydrogen-bond donors (Lipinski definition) is 0. The highest BCUT2D eigenvalue weighted by Gasteiger charge is 2.44. The van der Waals surface area contributed by atoms with Crippen LogP contribution in [0.3, 0.4) is 0 Å². The summed E-state index contributed by atoms with van der Waals surface area (Å²) in [4.78, 5) is 32.8. The average Bonchev–Trinajstić information content (AvgIpc) is 3.36. The second-order valence-corrected chi connectivity index (χ2v) is 7.94.